The van der Waals surface area contributed by atoms with E-state index < -0.39 is 0 Å². The maximum absolute atomic E-state index is 12.0. The number of pyridine rings is 1. The highest BCUT2D eigenvalue weighted by Crippen LogP contribution is 2.18. The molecular formula is C13H16N4O. The van der Waals surface area contributed by atoms with Crippen molar-refractivity contribution in [1.29, 1.82) is 0 Å². The average molecular weight is 244 g/mol. The Hall–Kier alpha value is -1.88. The summed E-state index contributed by atoms with van der Waals surface area (Å²) in [6, 6.07) is 6.17. The zero-order valence-electron chi connectivity index (χ0n) is 10.2. The molecule has 0 saturated heterocycles. The number of aromatic nitrogens is 3. The summed E-state index contributed by atoms with van der Waals surface area (Å²) in [6.07, 6.45) is 4.23. The molecule has 1 aliphatic carbocycles. The number of hydrogen-bond acceptors (Lipinski definition) is 3. The van der Waals surface area contributed by atoms with Gasteiger partial charge in [0.2, 0.25) is 0 Å². The lowest BCUT2D eigenvalue weighted by atomic mass is 10.3. The van der Waals surface area contributed by atoms with Gasteiger partial charge in [-0.3, -0.25) is 4.40 Å². The van der Waals surface area contributed by atoms with Gasteiger partial charge in [0.1, 0.15) is 0 Å². The lowest BCUT2D eigenvalue weighted by molar-refractivity contribution is 0.618. The van der Waals surface area contributed by atoms with E-state index in [4.69, 9.17) is 0 Å². The predicted octanol–water partition coefficient (Wildman–Crippen LogP) is 0.804. The first kappa shape index (κ1) is 11.2. The van der Waals surface area contributed by atoms with Crippen molar-refractivity contribution < 1.29 is 0 Å². The molecule has 0 aromatic carbocycles. The summed E-state index contributed by atoms with van der Waals surface area (Å²) in [5, 5.41) is 7.65. The maximum Gasteiger partial charge on any atom is 0.350 e. The fourth-order valence-corrected chi connectivity index (χ4v) is 1.91. The smallest absolute Gasteiger partial charge is 0.310 e. The van der Waals surface area contributed by atoms with Gasteiger partial charge in [0.25, 0.3) is 0 Å². The first-order valence-corrected chi connectivity index (χ1v) is 6.18. The zero-order valence-corrected chi connectivity index (χ0v) is 10.2. The standard InChI is InChI=1S/C13H16N4O/c1-10(8-14-11-5-6-11)9-17-13(18)16-7-3-2-4-12(16)15-17/h2-4,7,11,14H,1,5-6,8-9H2. The quantitative estimate of drug-likeness (QED) is 0.792. The molecule has 0 unspecified atom stereocenters. The van der Waals surface area contributed by atoms with Crippen molar-refractivity contribution in [1.82, 2.24) is 19.5 Å². The molecule has 1 saturated carbocycles. The highest BCUT2D eigenvalue weighted by atomic mass is 16.2. The fourth-order valence-electron chi connectivity index (χ4n) is 1.91. The lowest BCUT2D eigenvalue weighted by Gasteiger charge is -2.05. The zero-order chi connectivity index (χ0) is 12.5. The molecular weight excluding hydrogens is 228 g/mol. The normalized spacial score (nSPS) is 15.1. The number of fused-ring (bicyclic) bond motifs is 1. The van der Waals surface area contributed by atoms with Crippen LogP contribution in [-0.2, 0) is 6.54 Å². The Morgan fingerprint density at radius 3 is 3.06 bits per heavy atom. The van der Waals surface area contributed by atoms with Crippen molar-refractivity contribution >= 4 is 5.65 Å². The molecule has 2 heterocycles. The van der Waals surface area contributed by atoms with Gasteiger partial charge in [-0.1, -0.05) is 12.6 Å². The van der Waals surface area contributed by atoms with E-state index in [0.29, 0.717) is 18.2 Å². The molecule has 0 atom stereocenters. The van der Waals surface area contributed by atoms with E-state index in [9.17, 15) is 4.79 Å². The van der Waals surface area contributed by atoms with Crippen LogP contribution in [0.4, 0.5) is 0 Å². The maximum atomic E-state index is 12.0. The largest absolute Gasteiger partial charge is 0.350 e. The Bertz CT molecular complexity index is 636. The SMILES string of the molecule is C=C(CNC1CC1)Cn1nc2ccccn2c1=O. The summed E-state index contributed by atoms with van der Waals surface area (Å²) in [6.45, 7) is 5.22. The van der Waals surface area contributed by atoms with Gasteiger partial charge < -0.3 is 5.32 Å². The molecule has 5 heteroatoms. The topological polar surface area (TPSA) is 51.3 Å². The molecule has 0 bridgehead atoms. The minimum Gasteiger partial charge on any atom is -0.310 e. The van der Waals surface area contributed by atoms with Crippen LogP contribution in [0.2, 0.25) is 0 Å². The predicted molar refractivity (Wildman–Crippen MR) is 69.6 cm³/mol. The van der Waals surface area contributed by atoms with Gasteiger partial charge in [-0.2, -0.15) is 0 Å². The van der Waals surface area contributed by atoms with E-state index in [1.165, 1.54) is 17.5 Å². The molecule has 0 spiro atoms. The number of rotatable bonds is 5. The van der Waals surface area contributed by atoms with E-state index in [1.807, 2.05) is 18.2 Å². The Morgan fingerprint density at radius 2 is 2.33 bits per heavy atom. The van der Waals surface area contributed by atoms with Gasteiger partial charge in [-0.15, -0.1) is 5.10 Å². The molecule has 2 aromatic heterocycles. The summed E-state index contributed by atoms with van der Waals surface area (Å²) in [5.74, 6) is 0. The fraction of sp³-hybridized carbons (Fsp3) is 0.385. The molecule has 1 N–H and O–H groups in total. The van der Waals surface area contributed by atoms with Crippen molar-refractivity contribution in [2.45, 2.75) is 25.4 Å². The molecule has 5 nitrogen and oxygen atoms in total. The highest BCUT2D eigenvalue weighted by Gasteiger charge is 2.20. The molecule has 0 aliphatic heterocycles. The van der Waals surface area contributed by atoms with E-state index in [2.05, 4.69) is 17.0 Å². The highest BCUT2D eigenvalue weighted by molar-refractivity contribution is 5.35. The van der Waals surface area contributed by atoms with Gasteiger partial charge in [0, 0.05) is 18.8 Å². The molecule has 0 amide bonds. The number of nitrogens with one attached hydrogen (secondary N) is 1. The Kier molecular flexibility index (Phi) is 2.76. The third kappa shape index (κ3) is 2.22. The molecule has 1 aliphatic rings. The molecule has 18 heavy (non-hydrogen) atoms. The van der Waals surface area contributed by atoms with Crippen LogP contribution in [0.25, 0.3) is 5.65 Å². The third-order valence-corrected chi connectivity index (χ3v) is 3.08. The second-order valence-electron chi connectivity index (χ2n) is 4.77. The first-order valence-electron chi connectivity index (χ1n) is 6.18. The summed E-state index contributed by atoms with van der Waals surface area (Å²) < 4.78 is 3.01. The average Bonchev–Trinajstić information content (AvgIpc) is 3.15. The molecule has 94 valence electrons. The Labute approximate surface area is 105 Å². The van der Waals surface area contributed by atoms with Gasteiger partial charge in [0.15, 0.2) is 5.65 Å². The second kappa shape index (κ2) is 4.42. The van der Waals surface area contributed by atoms with Crippen LogP contribution in [0.1, 0.15) is 12.8 Å². The molecule has 0 radical (unpaired) electrons. The van der Waals surface area contributed by atoms with E-state index in [1.54, 1.807) is 10.6 Å². The number of hydrogen-bond donors (Lipinski definition) is 1. The molecule has 1 fully saturated rings. The van der Waals surface area contributed by atoms with Gasteiger partial charge in [-0.25, -0.2) is 9.48 Å². The van der Waals surface area contributed by atoms with Crippen molar-refractivity contribution in [2.24, 2.45) is 0 Å². The molecule has 2 aromatic rings. The van der Waals surface area contributed by atoms with Crippen LogP contribution >= 0.6 is 0 Å². The minimum absolute atomic E-state index is 0.113. The summed E-state index contributed by atoms with van der Waals surface area (Å²) in [7, 11) is 0. The van der Waals surface area contributed by atoms with Crippen LogP contribution in [0, 0.1) is 0 Å². The Balaban J connectivity index is 1.75. The Morgan fingerprint density at radius 1 is 1.50 bits per heavy atom. The summed E-state index contributed by atoms with van der Waals surface area (Å²) >= 11 is 0. The van der Waals surface area contributed by atoms with Crippen molar-refractivity contribution in [2.75, 3.05) is 6.54 Å². The summed E-state index contributed by atoms with van der Waals surface area (Å²) in [5.41, 5.74) is 1.54. The van der Waals surface area contributed by atoms with Crippen molar-refractivity contribution in [3.63, 3.8) is 0 Å². The minimum atomic E-state index is -0.113. The van der Waals surface area contributed by atoms with Crippen LogP contribution < -0.4 is 11.0 Å². The number of nitrogens with zero attached hydrogens (tertiary/aromatic N) is 3. The van der Waals surface area contributed by atoms with Crippen molar-refractivity contribution in [3.05, 3.63) is 47.0 Å². The van der Waals surface area contributed by atoms with Crippen LogP contribution in [0.5, 0.6) is 0 Å². The first-order chi connectivity index (χ1) is 8.74. The summed E-state index contributed by atoms with van der Waals surface area (Å²) in [4.78, 5) is 12.0. The molecule has 3 rings (SSSR count). The second-order valence-corrected chi connectivity index (χ2v) is 4.77. The monoisotopic (exact) mass is 244 g/mol. The van der Waals surface area contributed by atoms with E-state index in [0.717, 1.165) is 12.1 Å². The third-order valence-electron chi connectivity index (χ3n) is 3.08. The van der Waals surface area contributed by atoms with Gasteiger partial charge >= 0.3 is 5.69 Å². The van der Waals surface area contributed by atoms with Gasteiger partial charge in [-0.05, 0) is 30.5 Å². The van der Waals surface area contributed by atoms with Crippen LogP contribution in [0.3, 0.4) is 0 Å². The van der Waals surface area contributed by atoms with Crippen LogP contribution in [0.15, 0.2) is 41.3 Å². The van der Waals surface area contributed by atoms with Crippen molar-refractivity contribution in [3.8, 4) is 0 Å². The van der Waals surface area contributed by atoms with Gasteiger partial charge in [0.05, 0.1) is 6.54 Å². The lowest BCUT2D eigenvalue weighted by Crippen LogP contribution is -2.26. The van der Waals surface area contributed by atoms with E-state index >= 15 is 0 Å². The van der Waals surface area contributed by atoms with E-state index in [-0.39, 0.29) is 5.69 Å². The van der Waals surface area contributed by atoms with Crippen LogP contribution in [-0.4, -0.2) is 26.8 Å².